The van der Waals surface area contributed by atoms with Crippen molar-refractivity contribution in [2.45, 2.75) is 26.4 Å². The Hall–Kier alpha value is -3.14. The first-order chi connectivity index (χ1) is 13.2. The summed E-state index contributed by atoms with van der Waals surface area (Å²) >= 11 is 0. The van der Waals surface area contributed by atoms with Gasteiger partial charge >= 0.3 is 0 Å². The third-order valence-corrected chi connectivity index (χ3v) is 5.15. The lowest BCUT2D eigenvalue weighted by Crippen LogP contribution is -2.35. The van der Waals surface area contributed by atoms with Crippen molar-refractivity contribution >= 4 is 11.7 Å². The van der Waals surface area contributed by atoms with Gasteiger partial charge in [0.1, 0.15) is 5.82 Å². The van der Waals surface area contributed by atoms with Gasteiger partial charge in [-0.1, -0.05) is 48.5 Å². The topological polar surface area (TPSA) is 45.2 Å². The molecule has 0 spiro atoms. The molecule has 4 nitrogen and oxygen atoms in total. The van der Waals surface area contributed by atoms with E-state index in [1.807, 2.05) is 29.2 Å². The smallest absolute Gasteiger partial charge is 0.254 e. The molecule has 0 bridgehead atoms. The van der Waals surface area contributed by atoms with Gasteiger partial charge in [-0.25, -0.2) is 4.98 Å². The number of amides is 1. The zero-order valence-electron chi connectivity index (χ0n) is 15.5. The van der Waals surface area contributed by atoms with Gasteiger partial charge in [-0.05, 0) is 47.7 Å². The number of benzene rings is 2. The molecule has 1 aliphatic rings. The van der Waals surface area contributed by atoms with E-state index in [0.29, 0.717) is 18.7 Å². The molecule has 27 heavy (non-hydrogen) atoms. The van der Waals surface area contributed by atoms with Gasteiger partial charge in [0.2, 0.25) is 0 Å². The lowest BCUT2D eigenvalue weighted by atomic mass is 9.99. The first kappa shape index (κ1) is 17.3. The van der Waals surface area contributed by atoms with Gasteiger partial charge in [-0.15, -0.1) is 0 Å². The SMILES string of the molecule is Cc1ccccc1CNc1cc(C(=O)N2CCc3ccccc3C2)ccn1. The molecule has 0 saturated carbocycles. The zero-order valence-corrected chi connectivity index (χ0v) is 15.5. The minimum Gasteiger partial charge on any atom is -0.366 e. The fourth-order valence-corrected chi connectivity index (χ4v) is 3.51. The van der Waals surface area contributed by atoms with Crippen LogP contribution in [0.25, 0.3) is 0 Å². The molecule has 136 valence electrons. The van der Waals surface area contributed by atoms with E-state index in [1.165, 1.54) is 22.3 Å². The zero-order chi connectivity index (χ0) is 18.6. The van der Waals surface area contributed by atoms with Crippen molar-refractivity contribution in [1.82, 2.24) is 9.88 Å². The second-order valence-corrected chi connectivity index (χ2v) is 6.96. The highest BCUT2D eigenvalue weighted by molar-refractivity contribution is 5.95. The van der Waals surface area contributed by atoms with Crippen molar-refractivity contribution < 1.29 is 4.79 Å². The predicted octanol–water partition coefficient (Wildman–Crippen LogP) is 4.20. The summed E-state index contributed by atoms with van der Waals surface area (Å²) in [7, 11) is 0. The van der Waals surface area contributed by atoms with E-state index in [4.69, 9.17) is 0 Å². The van der Waals surface area contributed by atoms with Gasteiger partial charge in [0, 0.05) is 31.4 Å². The van der Waals surface area contributed by atoms with Gasteiger partial charge in [-0.2, -0.15) is 0 Å². The van der Waals surface area contributed by atoms with Gasteiger partial charge in [-0.3, -0.25) is 4.79 Å². The van der Waals surface area contributed by atoms with E-state index in [2.05, 4.69) is 47.6 Å². The molecule has 0 saturated heterocycles. The van der Waals surface area contributed by atoms with Crippen molar-refractivity contribution in [2.75, 3.05) is 11.9 Å². The highest BCUT2D eigenvalue weighted by atomic mass is 16.2. The van der Waals surface area contributed by atoms with Gasteiger partial charge in [0.25, 0.3) is 5.91 Å². The third kappa shape index (κ3) is 3.85. The van der Waals surface area contributed by atoms with Crippen molar-refractivity contribution in [3.05, 3.63) is 94.7 Å². The molecule has 3 aromatic rings. The molecule has 0 atom stereocenters. The van der Waals surface area contributed by atoms with Crippen LogP contribution in [-0.2, 0) is 19.5 Å². The van der Waals surface area contributed by atoms with Crippen LogP contribution in [0.4, 0.5) is 5.82 Å². The van der Waals surface area contributed by atoms with E-state index in [1.54, 1.807) is 12.3 Å². The molecule has 2 aromatic carbocycles. The van der Waals surface area contributed by atoms with Crippen LogP contribution in [0, 0.1) is 6.92 Å². The Balaban J connectivity index is 1.46. The second kappa shape index (κ2) is 7.62. The molecular weight excluding hydrogens is 334 g/mol. The highest BCUT2D eigenvalue weighted by Gasteiger charge is 2.21. The summed E-state index contributed by atoms with van der Waals surface area (Å²) < 4.78 is 0. The minimum absolute atomic E-state index is 0.0610. The highest BCUT2D eigenvalue weighted by Crippen LogP contribution is 2.21. The summed E-state index contributed by atoms with van der Waals surface area (Å²) in [6.07, 6.45) is 2.61. The quantitative estimate of drug-likeness (QED) is 0.761. The number of carbonyl (C=O) groups is 1. The number of fused-ring (bicyclic) bond motifs is 1. The number of aryl methyl sites for hydroxylation is 1. The van der Waals surface area contributed by atoms with E-state index < -0.39 is 0 Å². The molecule has 4 heteroatoms. The Bertz CT molecular complexity index is 967. The van der Waals surface area contributed by atoms with Crippen LogP contribution >= 0.6 is 0 Å². The molecule has 0 unspecified atom stereocenters. The molecule has 1 amide bonds. The Labute approximate surface area is 159 Å². The molecule has 0 fully saturated rings. The van der Waals surface area contributed by atoms with Crippen LogP contribution in [0.5, 0.6) is 0 Å². The maximum Gasteiger partial charge on any atom is 0.254 e. The van der Waals surface area contributed by atoms with Gasteiger partial charge in [0.15, 0.2) is 0 Å². The lowest BCUT2D eigenvalue weighted by Gasteiger charge is -2.29. The van der Waals surface area contributed by atoms with E-state index in [9.17, 15) is 4.79 Å². The summed E-state index contributed by atoms with van der Waals surface area (Å²) in [6.45, 7) is 4.21. The Morgan fingerprint density at radius 1 is 1.07 bits per heavy atom. The van der Waals surface area contributed by atoms with E-state index in [0.717, 1.165) is 18.8 Å². The van der Waals surface area contributed by atoms with E-state index >= 15 is 0 Å². The summed E-state index contributed by atoms with van der Waals surface area (Å²) in [6, 6.07) is 20.3. The number of anilines is 1. The lowest BCUT2D eigenvalue weighted by molar-refractivity contribution is 0.0734. The average molecular weight is 357 g/mol. The molecule has 1 N–H and O–H groups in total. The normalized spacial score (nSPS) is 13.1. The number of hydrogen-bond donors (Lipinski definition) is 1. The number of hydrogen-bond acceptors (Lipinski definition) is 3. The van der Waals surface area contributed by atoms with Crippen LogP contribution in [-0.4, -0.2) is 22.3 Å². The van der Waals surface area contributed by atoms with E-state index in [-0.39, 0.29) is 5.91 Å². The van der Waals surface area contributed by atoms with Crippen molar-refractivity contribution in [3.63, 3.8) is 0 Å². The largest absolute Gasteiger partial charge is 0.366 e. The predicted molar refractivity (Wildman–Crippen MR) is 108 cm³/mol. The molecule has 1 aliphatic heterocycles. The fraction of sp³-hybridized carbons (Fsp3) is 0.217. The van der Waals surface area contributed by atoms with Crippen LogP contribution in [0.1, 0.15) is 32.6 Å². The number of nitrogens with zero attached hydrogens (tertiary/aromatic N) is 2. The second-order valence-electron chi connectivity index (χ2n) is 6.96. The molecular formula is C23H23N3O. The summed E-state index contributed by atoms with van der Waals surface area (Å²) in [4.78, 5) is 19.2. The monoisotopic (exact) mass is 357 g/mol. The summed E-state index contributed by atoms with van der Waals surface area (Å²) in [5.41, 5.74) is 5.73. The van der Waals surface area contributed by atoms with Gasteiger partial charge < -0.3 is 10.2 Å². The number of aromatic nitrogens is 1. The molecule has 0 radical (unpaired) electrons. The molecule has 2 heterocycles. The fourth-order valence-electron chi connectivity index (χ4n) is 3.51. The number of nitrogens with one attached hydrogen (secondary N) is 1. The first-order valence-electron chi connectivity index (χ1n) is 9.31. The first-order valence-corrected chi connectivity index (χ1v) is 9.31. The van der Waals surface area contributed by atoms with Crippen LogP contribution in [0.2, 0.25) is 0 Å². The molecule has 0 aliphatic carbocycles. The Morgan fingerprint density at radius 3 is 2.70 bits per heavy atom. The number of pyridine rings is 1. The Kier molecular flexibility index (Phi) is 4.88. The number of carbonyl (C=O) groups excluding carboxylic acids is 1. The summed E-state index contributed by atoms with van der Waals surface area (Å²) in [5, 5.41) is 3.33. The minimum atomic E-state index is 0.0610. The third-order valence-electron chi connectivity index (χ3n) is 5.15. The summed E-state index contributed by atoms with van der Waals surface area (Å²) in [5.74, 6) is 0.785. The maximum absolute atomic E-state index is 13.0. The standard InChI is InChI=1S/C23H23N3O/c1-17-6-2-3-8-20(17)15-25-22-14-19(10-12-24-22)23(27)26-13-11-18-7-4-5-9-21(18)16-26/h2-10,12,14H,11,13,15-16H2,1H3,(H,24,25). The number of rotatable bonds is 4. The average Bonchev–Trinajstić information content (AvgIpc) is 2.72. The van der Waals surface area contributed by atoms with Crippen LogP contribution in [0.15, 0.2) is 66.9 Å². The molecule has 4 rings (SSSR count). The van der Waals surface area contributed by atoms with Crippen molar-refractivity contribution in [3.8, 4) is 0 Å². The van der Waals surface area contributed by atoms with Crippen molar-refractivity contribution in [1.29, 1.82) is 0 Å². The van der Waals surface area contributed by atoms with Crippen LogP contribution < -0.4 is 5.32 Å². The molecule has 1 aromatic heterocycles. The Morgan fingerprint density at radius 2 is 1.85 bits per heavy atom. The van der Waals surface area contributed by atoms with Crippen molar-refractivity contribution in [2.24, 2.45) is 0 Å². The van der Waals surface area contributed by atoms with Gasteiger partial charge in [0.05, 0.1) is 0 Å². The van der Waals surface area contributed by atoms with Crippen LogP contribution in [0.3, 0.4) is 0 Å². The maximum atomic E-state index is 13.0.